The number of hydrogen-bond acceptors (Lipinski definition) is 3. The van der Waals surface area contributed by atoms with Crippen LogP contribution in [-0.2, 0) is 4.79 Å². The van der Waals surface area contributed by atoms with Crippen LogP contribution in [0.25, 0.3) is 16.5 Å². The van der Waals surface area contributed by atoms with Gasteiger partial charge in [-0.05, 0) is 55.0 Å². The van der Waals surface area contributed by atoms with E-state index >= 15 is 0 Å². The molecular weight excluding hydrogens is 396 g/mol. The molecular formula is C27H32N4O. The Balaban J connectivity index is 1.23. The Morgan fingerprint density at radius 1 is 1.22 bits per heavy atom. The molecule has 0 fully saturated rings. The van der Waals surface area contributed by atoms with Crippen LogP contribution in [-0.4, -0.2) is 46.5 Å². The molecule has 2 N–H and O–H groups in total. The van der Waals surface area contributed by atoms with Gasteiger partial charge in [0.05, 0.1) is 0 Å². The first-order chi connectivity index (χ1) is 15.5. The second kappa shape index (κ2) is 8.47. The fraction of sp³-hybridized carbons (Fsp3) is 0.370. The molecule has 0 bridgehead atoms. The lowest BCUT2D eigenvalue weighted by Gasteiger charge is -2.38. The van der Waals surface area contributed by atoms with Gasteiger partial charge < -0.3 is 10.3 Å². The minimum absolute atomic E-state index is 0.0645. The fourth-order valence-corrected chi connectivity index (χ4v) is 4.95. The van der Waals surface area contributed by atoms with Crippen LogP contribution >= 0.6 is 0 Å². The van der Waals surface area contributed by atoms with Crippen molar-refractivity contribution in [3.05, 3.63) is 77.3 Å². The van der Waals surface area contributed by atoms with E-state index in [-0.39, 0.29) is 12.1 Å². The number of carbonyl (C=O) groups is 1. The third-order valence-electron chi connectivity index (χ3n) is 6.96. The molecule has 0 saturated carbocycles. The van der Waals surface area contributed by atoms with Crippen molar-refractivity contribution >= 4 is 22.4 Å². The zero-order valence-corrected chi connectivity index (χ0v) is 19.2. The van der Waals surface area contributed by atoms with Crippen molar-refractivity contribution in [3.63, 3.8) is 0 Å². The lowest BCUT2D eigenvalue weighted by atomic mass is 9.96. The van der Waals surface area contributed by atoms with Gasteiger partial charge in [-0.2, -0.15) is 0 Å². The van der Waals surface area contributed by atoms with E-state index in [9.17, 15) is 4.79 Å². The largest absolute Gasteiger partial charge is 0.365 e. The van der Waals surface area contributed by atoms with Gasteiger partial charge in [-0.15, -0.1) is 0 Å². The highest BCUT2D eigenvalue weighted by Gasteiger charge is 2.32. The smallest absolute Gasteiger partial charge is 0.257 e. The lowest BCUT2D eigenvalue weighted by molar-refractivity contribution is -0.127. The number of rotatable bonds is 5. The van der Waals surface area contributed by atoms with Crippen LogP contribution in [0.4, 0.5) is 0 Å². The van der Waals surface area contributed by atoms with Gasteiger partial charge in [0, 0.05) is 59.8 Å². The second-order valence-electron chi connectivity index (χ2n) is 9.32. The number of aromatic nitrogens is 1. The number of fused-ring (bicyclic) bond motifs is 2. The van der Waals surface area contributed by atoms with Gasteiger partial charge in [0.15, 0.2) is 0 Å². The molecule has 32 heavy (non-hydrogen) atoms. The minimum atomic E-state index is -0.0645. The average molecular weight is 429 g/mol. The van der Waals surface area contributed by atoms with Gasteiger partial charge in [-0.3, -0.25) is 14.6 Å². The Morgan fingerprint density at radius 2 is 2.06 bits per heavy atom. The van der Waals surface area contributed by atoms with E-state index in [1.165, 1.54) is 27.6 Å². The zero-order chi connectivity index (χ0) is 22.2. The van der Waals surface area contributed by atoms with Crippen molar-refractivity contribution in [2.75, 3.05) is 19.6 Å². The number of nitrogens with one attached hydrogen (secondary N) is 2. The Kier molecular flexibility index (Phi) is 5.51. The molecule has 1 unspecified atom stereocenters. The molecule has 1 aromatic carbocycles. The van der Waals surface area contributed by atoms with Crippen molar-refractivity contribution in [2.24, 2.45) is 5.92 Å². The number of aromatic amines is 1. The highest BCUT2D eigenvalue weighted by Crippen LogP contribution is 2.30. The Labute approximate surface area is 190 Å². The van der Waals surface area contributed by atoms with Gasteiger partial charge in [0.1, 0.15) is 6.17 Å². The Hall–Kier alpha value is -3.05. The predicted octanol–water partition coefficient (Wildman–Crippen LogP) is 4.79. The minimum Gasteiger partial charge on any atom is -0.365 e. The maximum Gasteiger partial charge on any atom is 0.257 e. The number of benzene rings is 1. The number of carbonyl (C=O) groups excluding carboxylic acids is 1. The molecule has 1 amide bonds. The molecule has 3 aliphatic heterocycles. The lowest BCUT2D eigenvalue weighted by Crippen LogP contribution is -2.51. The molecule has 1 aromatic heterocycles. The van der Waals surface area contributed by atoms with Crippen molar-refractivity contribution in [2.45, 2.75) is 39.8 Å². The highest BCUT2D eigenvalue weighted by molar-refractivity contribution is 5.96. The molecule has 3 aliphatic rings. The highest BCUT2D eigenvalue weighted by atomic mass is 16.2. The summed E-state index contributed by atoms with van der Waals surface area (Å²) < 4.78 is 0. The number of para-hydroxylation sites is 1. The maximum atomic E-state index is 13.2. The first-order valence-corrected chi connectivity index (χ1v) is 11.7. The van der Waals surface area contributed by atoms with Crippen molar-refractivity contribution in [1.29, 1.82) is 0 Å². The summed E-state index contributed by atoms with van der Waals surface area (Å²) in [6.07, 6.45) is 12.4. The standard InChI is InChI=1S/C27H32N4O/c1-18(2)21-10-15-31-26(16-21)29-19(3)22(27(31)32)11-14-30-12-8-20(9-13-30)24-17-28-25-7-5-4-6-23(24)25/h4-8,10,15-18,26,28-29H,9,11-14H2,1-3H3. The molecule has 166 valence electrons. The van der Waals surface area contributed by atoms with Crippen LogP contribution in [0.2, 0.25) is 0 Å². The van der Waals surface area contributed by atoms with Gasteiger partial charge in [-0.25, -0.2) is 0 Å². The first-order valence-electron chi connectivity index (χ1n) is 11.7. The van der Waals surface area contributed by atoms with Crippen LogP contribution in [0, 0.1) is 5.92 Å². The number of amides is 1. The third kappa shape index (κ3) is 3.82. The molecule has 1 atom stereocenters. The van der Waals surface area contributed by atoms with E-state index in [0.717, 1.165) is 43.7 Å². The SMILES string of the molecule is CC1=C(CCN2CC=C(c3c[nH]c4ccccc34)CC2)C(=O)N2C=CC(C(C)C)=CC2N1. The van der Waals surface area contributed by atoms with E-state index in [4.69, 9.17) is 0 Å². The summed E-state index contributed by atoms with van der Waals surface area (Å²) in [5.74, 6) is 0.589. The van der Waals surface area contributed by atoms with Gasteiger partial charge in [0.25, 0.3) is 5.91 Å². The first kappa shape index (κ1) is 20.8. The van der Waals surface area contributed by atoms with E-state index in [1.54, 1.807) is 0 Å². The molecule has 0 radical (unpaired) electrons. The van der Waals surface area contributed by atoms with E-state index < -0.39 is 0 Å². The molecule has 0 aliphatic carbocycles. The molecule has 2 aromatic rings. The van der Waals surface area contributed by atoms with E-state index in [1.807, 2.05) is 18.0 Å². The zero-order valence-electron chi connectivity index (χ0n) is 19.2. The average Bonchev–Trinajstić information content (AvgIpc) is 3.23. The van der Waals surface area contributed by atoms with Crippen molar-refractivity contribution in [3.8, 4) is 0 Å². The van der Waals surface area contributed by atoms with Crippen LogP contribution in [0.15, 0.2) is 71.7 Å². The van der Waals surface area contributed by atoms with Crippen LogP contribution < -0.4 is 5.32 Å². The van der Waals surface area contributed by atoms with Crippen molar-refractivity contribution in [1.82, 2.24) is 20.1 Å². The second-order valence-corrected chi connectivity index (χ2v) is 9.32. The number of allylic oxidation sites excluding steroid dienone is 3. The summed E-state index contributed by atoms with van der Waals surface area (Å²) in [5, 5.41) is 4.83. The molecule has 5 rings (SSSR count). The summed E-state index contributed by atoms with van der Waals surface area (Å²) in [5.41, 5.74) is 7.11. The summed E-state index contributed by atoms with van der Waals surface area (Å²) >= 11 is 0. The van der Waals surface area contributed by atoms with Gasteiger partial charge >= 0.3 is 0 Å². The van der Waals surface area contributed by atoms with Gasteiger partial charge in [0.2, 0.25) is 0 Å². The number of nitrogens with zero attached hydrogens (tertiary/aromatic N) is 2. The number of hydrogen-bond donors (Lipinski definition) is 2. The van der Waals surface area contributed by atoms with Crippen molar-refractivity contribution < 1.29 is 4.79 Å². The fourth-order valence-electron chi connectivity index (χ4n) is 4.95. The van der Waals surface area contributed by atoms with Crippen LogP contribution in [0.5, 0.6) is 0 Å². The quantitative estimate of drug-likeness (QED) is 0.720. The Bertz CT molecular complexity index is 1160. The van der Waals surface area contributed by atoms with Crippen LogP contribution in [0.3, 0.4) is 0 Å². The molecule has 4 heterocycles. The molecule has 0 saturated heterocycles. The topological polar surface area (TPSA) is 51.4 Å². The molecule has 5 heteroatoms. The number of H-pyrrole nitrogens is 1. The van der Waals surface area contributed by atoms with E-state index in [0.29, 0.717) is 5.92 Å². The van der Waals surface area contributed by atoms with Crippen LogP contribution in [0.1, 0.15) is 39.2 Å². The predicted molar refractivity (Wildman–Crippen MR) is 130 cm³/mol. The van der Waals surface area contributed by atoms with E-state index in [2.05, 4.69) is 77.7 Å². The molecule has 5 nitrogen and oxygen atoms in total. The molecule has 0 spiro atoms. The maximum absolute atomic E-state index is 13.2. The summed E-state index contributed by atoms with van der Waals surface area (Å²) in [6.45, 7) is 9.24. The summed E-state index contributed by atoms with van der Waals surface area (Å²) in [6, 6.07) is 8.48. The van der Waals surface area contributed by atoms with Gasteiger partial charge in [-0.1, -0.05) is 38.1 Å². The monoisotopic (exact) mass is 428 g/mol. The normalized spacial score (nSPS) is 21.7. The summed E-state index contributed by atoms with van der Waals surface area (Å²) in [7, 11) is 0. The Morgan fingerprint density at radius 3 is 2.84 bits per heavy atom. The summed E-state index contributed by atoms with van der Waals surface area (Å²) in [4.78, 5) is 20.8. The third-order valence-corrected chi connectivity index (χ3v) is 6.96.